The zero-order valence-electron chi connectivity index (χ0n) is 16.2. The van der Waals surface area contributed by atoms with E-state index in [-0.39, 0.29) is 11.0 Å². The van der Waals surface area contributed by atoms with Crippen LogP contribution in [-0.2, 0) is 9.53 Å². The molecule has 0 bridgehead atoms. The minimum absolute atomic E-state index is 0.0457. The summed E-state index contributed by atoms with van der Waals surface area (Å²) in [5.41, 5.74) is -0.230. The number of rotatable bonds is 12. The fraction of sp³-hybridized carbons (Fsp3) is 0.947. The van der Waals surface area contributed by atoms with Gasteiger partial charge in [-0.1, -0.05) is 48.5 Å². The van der Waals surface area contributed by atoms with Crippen LogP contribution in [0.3, 0.4) is 0 Å². The Morgan fingerprint density at radius 2 is 1.59 bits per heavy atom. The standard InChI is InChI=1S/C19H39NO2/c1-9-18(7,15(3)4)17(21)11-12-20-13-14-22-19(8,10-2)16(5)6/h15-16,20H,9-14H2,1-8H3. The molecule has 0 aromatic rings. The molecule has 1 N–H and O–H groups in total. The third-order valence-corrected chi connectivity index (χ3v) is 5.81. The quantitative estimate of drug-likeness (QED) is 0.541. The lowest BCUT2D eigenvalue weighted by atomic mass is 9.72. The molecule has 0 aromatic carbocycles. The highest BCUT2D eigenvalue weighted by Crippen LogP contribution is 2.32. The summed E-state index contributed by atoms with van der Waals surface area (Å²) in [7, 11) is 0. The number of hydrogen-bond acceptors (Lipinski definition) is 3. The molecule has 0 amide bonds. The molecule has 2 unspecified atom stereocenters. The van der Waals surface area contributed by atoms with Crippen LogP contribution < -0.4 is 5.32 Å². The lowest BCUT2D eigenvalue weighted by Gasteiger charge is -2.33. The summed E-state index contributed by atoms with van der Waals surface area (Å²) in [6.07, 6.45) is 2.54. The molecular weight excluding hydrogens is 274 g/mol. The van der Waals surface area contributed by atoms with E-state index in [2.05, 4.69) is 60.7 Å². The summed E-state index contributed by atoms with van der Waals surface area (Å²) in [6.45, 7) is 19.5. The second-order valence-electron chi connectivity index (χ2n) is 7.52. The maximum Gasteiger partial charge on any atom is 0.140 e. The molecule has 22 heavy (non-hydrogen) atoms. The lowest BCUT2D eigenvalue weighted by molar-refractivity contribution is -0.130. The van der Waals surface area contributed by atoms with Crippen molar-refractivity contribution in [2.75, 3.05) is 19.7 Å². The molecule has 0 saturated carbocycles. The summed E-state index contributed by atoms with van der Waals surface area (Å²) >= 11 is 0. The molecule has 0 aromatic heterocycles. The maximum atomic E-state index is 12.4. The van der Waals surface area contributed by atoms with Crippen LogP contribution in [0.5, 0.6) is 0 Å². The van der Waals surface area contributed by atoms with E-state index >= 15 is 0 Å². The van der Waals surface area contributed by atoms with Crippen molar-refractivity contribution in [3.05, 3.63) is 0 Å². The van der Waals surface area contributed by atoms with E-state index in [4.69, 9.17) is 4.74 Å². The van der Waals surface area contributed by atoms with Gasteiger partial charge in [-0.15, -0.1) is 0 Å². The van der Waals surface area contributed by atoms with Gasteiger partial charge in [0, 0.05) is 24.9 Å². The molecule has 3 nitrogen and oxygen atoms in total. The minimum Gasteiger partial charge on any atom is -0.374 e. The van der Waals surface area contributed by atoms with Crippen LogP contribution in [-0.4, -0.2) is 31.1 Å². The topological polar surface area (TPSA) is 38.3 Å². The second-order valence-corrected chi connectivity index (χ2v) is 7.52. The Morgan fingerprint density at radius 3 is 2.00 bits per heavy atom. The predicted molar refractivity (Wildman–Crippen MR) is 95.2 cm³/mol. The number of Topliss-reactive ketones (excluding diaryl/α,β-unsaturated/α-hetero) is 1. The van der Waals surface area contributed by atoms with E-state index in [0.29, 0.717) is 30.6 Å². The van der Waals surface area contributed by atoms with Crippen molar-refractivity contribution in [3.8, 4) is 0 Å². The summed E-state index contributed by atoms with van der Waals surface area (Å²) in [5, 5.41) is 3.34. The van der Waals surface area contributed by atoms with Crippen LogP contribution >= 0.6 is 0 Å². The van der Waals surface area contributed by atoms with E-state index in [1.807, 2.05) is 0 Å². The zero-order valence-corrected chi connectivity index (χ0v) is 16.2. The Morgan fingerprint density at radius 1 is 1.00 bits per heavy atom. The Hall–Kier alpha value is -0.410. The highest BCUT2D eigenvalue weighted by Gasteiger charge is 2.33. The van der Waals surface area contributed by atoms with Gasteiger partial charge >= 0.3 is 0 Å². The van der Waals surface area contributed by atoms with E-state index in [1.54, 1.807) is 0 Å². The lowest BCUT2D eigenvalue weighted by Crippen LogP contribution is -2.37. The van der Waals surface area contributed by atoms with Gasteiger partial charge in [0.15, 0.2) is 0 Å². The van der Waals surface area contributed by atoms with Gasteiger partial charge in [0.25, 0.3) is 0 Å². The number of carbonyl (C=O) groups is 1. The number of nitrogens with one attached hydrogen (secondary N) is 1. The zero-order chi connectivity index (χ0) is 17.4. The van der Waals surface area contributed by atoms with Crippen molar-refractivity contribution in [2.45, 2.75) is 80.3 Å². The van der Waals surface area contributed by atoms with Gasteiger partial charge in [0.1, 0.15) is 5.78 Å². The molecule has 0 fully saturated rings. The first-order valence-corrected chi connectivity index (χ1v) is 9.02. The van der Waals surface area contributed by atoms with Crippen LogP contribution in [0.4, 0.5) is 0 Å². The van der Waals surface area contributed by atoms with E-state index < -0.39 is 0 Å². The van der Waals surface area contributed by atoms with Gasteiger partial charge in [0.05, 0.1) is 12.2 Å². The van der Waals surface area contributed by atoms with Gasteiger partial charge < -0.3 is 10.1 Å². The second kappa shape index (κ2) is 9.67. The molecule has 0 rings (SSSR count). The minimum atomic E-state index is -0.184. The molecule has 0 radical (unpaired) electrons. The molecular formula is C19H39NO2. The molecule has 3 heteroatoms. The third-order valence-electron chi connectivity index (χ3n) is 5.81. The summed E-state index contributed by atoms with van der Waals surface area (Å²) in [4.78, 5) is 12.4. The van der Waals surface area contributed by atoms with Gasteiger partial charge in [0.2, 0.25) is 0 Å². The molecule has 0 spiro atoms. The van der Waals surface area contributed by atoms with Crippen LogP contribution in [0.1, 0.15) is 74.7 Å². The number of ether oxygens (including phenoxy) is 1. The van der Waals surface area contributed by atoms with Crippen molar-refractivity contribution in [3.63, 3.8) is 0 Å². The average Bonchev–Trinajstić information content (AvgIpc) is 2.48. The van der Waals surface area contributed by atoms with Gasteiger partial charge in [-0.2, -0.15) is 0 Å². The Bertz CT molecular complexity index is 327. The van der Waals surface area contributed by atoms with Crippen molar-refractivity contribution in [2.24, 2.45) is 17.3 Å². The van der Waals surface area contributed by atoms with Crippen LogP contribution in [0.25, 0.3) is 0 Å². The molecule has 0 saturated heterocycles. The largest absolute Gasteiger partial charge is 0.374 e. The predicted octanol–water partition coefficient (Wildman–Crippen LogP) is 4.45. The third kappa shape index (κ3) is 6.00. The number of ketones is 1. The van der Waals surface area contributed by atoms with Gasteiger partial charge in [-0.3, -0.25) is 4.79 Å². The fourth-order valence-corrected chi connectivity index (χ4v) is 2.57. The molecule has 2 atom stereocenters. The smallest absolute Gasteiger partial charge is 0.140 e. The summed E-state index contributed by atoms with van der Waals surface area (Å²) < 4.78 is 6.03. The first-order valence-electron chi connectivity index (χ1n) is 9.02. The first kappa shape index (κ1) is 21.6. The Balaban J connectivity index is 4.03. The van der Waals surface area contributed by atoms with Crippen molar-refractivity contribution in [1.29, 1.82) is 0 Å². The van der Waals surface area contributed by atoms with E-state index in [1.165, 1.54) is 0 Å². The van der Waals surface area contributed by atoms with Gasteiger partial charge in [-0.05, 0) is 31.6 Å². The summed E-state index contributed by atoms with van der Waals surface area (Å²) in [6, 6.07) is 0. The van der Waals surface area contributed by atoms with Crippen molar-refractivity contribution < 1.29 is 9.53 Å². The molecule has 0 aliphatic rings. The SMILES string of the molecule is CCC(C)(OCCNCCC(=O)C(C)(CC)C(C)C)C(C)C. The van der Waals surface area contributed by atoms with E-state index in [0.717, 1.165) is 25.9 Å². The molecule has 0 heterocycles. The van der Waals surface area contributed by atoms with Crippen LogP contribution in [0.15, 0.2) is 0 Å². The monoisotopic (exact) mass is 313 g/mol. The molecule has 0 aliphatic heterocycles. The highest BCUT2D eigenvalue weighted by atomic mass is 16.5. The van der Waals surface area contributed by atoms with Crippen molar-refractivity contribution >= 4 is 5.78 Å². The Kier molecular flexibility index (Phi) is 9.49. The molecule has 0 aliphatic carbocycles. The van der Waals surface area contributed by atoms with Crippen molar-refractivity contribution in [1.82, 2.24) is 5.32 Å². The van der Waals surface area contributed by atoms with Crippen LogP contribution in [0, 0.1) is 17.3 Å². The Labute approximate surface area is 138 Å². The number of carbonyl (C=O) groups excluding carboxylic acids is 1. The normalized spacial score (nSPS) is 17.5. The fourth-order valence-electron chi connectivity index (χ4n) is 2.57. The van der Waals surface area contributed by atoms with E-state index in [9.17, 15) is 4.79 Å². The highest BCUT2D eigenvalue weighted by molar-refractivity contribution is 5.84. The van der Waals surface area contributed by atoms with Gasteiger partial charge in [-0.25, -0.2) is 0 Å². The first-order chi connectivity index (χ1) is 10.1. The molecule has 132 valence electrons. The maximum absolute atomic E-state index is 12.4. The summed E-state index contributed by atoms with van der Waals surface area (Å²) in [5.74, 6) is 1.28. The van der Waals surface area contributed by atoms with Crippen LogP contribution in [0.2, 0.25) is 0 Å². The average molecular weight is 314 g/mol. The number of hydrogen-bond donors (Lipinski definition) is 1.